The number of benzene rings is 1. The van der Waals surface area contributed by atoms with Crippen LogP contribution in [0.4, 0.5) is 0 Å². The van der Waals surface area contributed by atoms with Crippen LogP contribution < -0.4 is 10.6 Å². The van der Waals surface area contributed by atoms with Gasteiger partial charge in [-0.1, -0.05) is 26.0 Å². The summed E-state index contributed by atoms with van der Waals surface area (Å²) in [6, 6.07) is 7.46. The van der Waals surface area contributed by atoms with Gasteiger partial charge in [-0.25, -0.2) is 0 Å². The van der Waals surface area contributed by atoms with Crippen LogP contribution in [0.2, 0.25) is 0 Å². The molecule has 0 atom stereocenters. The predicted molar refractivity (Wildman–Crippen MR) is 84.3 cm³/mol. The number of carbonyl (C=O) groups is 2. The van der Waals surface area contributed by atoms with E-state index in [1.165, 1.54) is 0 Å². The van der Waals surface area contributed by atoms with E-state index in [9.17, 15) is 9.59 Å². The molecular formula is C16H25N3O2. The molecule has 0 aliphatic heterocycles. The van der Waals surface area contributed by atoms with E-state index in [1.54, 1.807) is 13.1 Å². The van der Waals surface area contributed by atoms with Gasteiger partial charge in [-0.15, -0.1) is 0 Å². The van der Waals surface area contributed by atoms with Crippen LogP contribution in [0.1, 0.15) is 29.8 Å². The summed E-state index contributed by atoms with van der Waals surface area (Å²) in [5, 5.41) is 5.51. The summed E-state index contributed by atoms with van der Waals surface area (Å²) in [5.41, 5.74) is 1.68. The lowest BCUT2D eigenvalue weighted by atomic mass is 10.1. The van der Waals surface area contributed by atoms with Crippen LogP contribution in [0.3, 0.4) is 0 Å². The summed E-state index contributed by atoms with van der Waals surface area (Å²) in [4.78, 5) is 25.4. The van der Waals surface area contributed by atoms with Gasteiger partial charge in [0.25, 0.3) is 5.91 Å². The second-order valence-electron chi connectivity index (χ2n) is 4.84. The number of amides is 2. The smallest absolute Gasteiger partial charge is 0.251 e. The molecule has 0 radical (unpaired) electrons. The lowest BCUT2D eigenvalue weighted by molar-refractivity contribution is -0.122. The van der Waals surface area contributed by atoms with Crippen LogP contribution in [0, 0.1) is 0 Å². The third-order valence-electron chi connectivity index (χ3n) is 3.41. The van der Waals surface area contributed by atoms with Crippen molar-refractivity contribution in [3.05, 3.63) is 35.4 Å². The van der Waals surface area contributed by atoms with E-state index in [1.807, 2.05) is 32.0 Å². The third-order valence-corrected chi connectivity index (χ3v) is 3.41. The Labute approximate surface area is 126 Å². The summed E-state index contributed by atoms with van der Waals surface area (Å²) in [6.07, 6.45) is 0.717. The Morgan fingerprint density at radius 2 is 1.90 bits per heavy atom. The van der Waals surface area contributed by atoms with Gasteiger partial charge in [-0.3, -0.25) is 14.5 Å². The summed E-state index contributed by atoms with van der Waals surface area (Å²) in [5.74, 6) is -0.0522. The molecule has 0 fully saturated rings. The zero-order valence-electron chi connectivity index (χ0n) is 13.1. The molecule has 0 bridgehead atoms. The van der Waals surface area contributed by atoms with Crippen LogP contribution in [0.25, 0.3) is 0 Å². The van der Waals surface area contributed by atoms with E-state index in [4.69, 9.17) is 0 Å². The van der Waals surface area contributed by atoms with Gasteiger partial charge >= 0.3 is 0 Å². The maximum absolute atomic E-state index is 11.8. The highest BCUT2D eigenvalue weighted by Crippen LogP contribution is 2.05. The first kappa shape index (κ1) is 17.2. The van der Waals surface area contributed by atoms with E-state index in [0.717, 1.165) is 25.1 Å². The molecule has 5 nitrogen and oxygen atoms in total. The molecule has 0 saturated carbocycles. The normalized spacial score (nSPS) is 10.5. The van der Waals surface area contributed by atoms with Gasteiger partial charge < -0.3 is 10.6 Å². The van der Waals surface area contributed by atoms with Crippen molar-refractivity contribution in [3.8, 4) is 0 Å². The average molecular weight is 291 g/mol. The van der Waals surface area contributed by atoms with Gasteiger partial charge in [0.1, 0.15) is 0 Å². The Morgan fingerprint density at radius 3 is 2.52 bits per heavy atom. The van der Waals surface area contributed by atoms with E-state index in [-0.39, 0.29) is 11.8 Å². The van der Waals surface area contributed by atoms with Gasteiger partial charge in [0.05, 0.1) is 6.54 Å². The number of hydrogen-bond acceptors (Lipinski definition) is 3. The predicted octanol–water partition coefficient (Wildman–Crippen LogP) is 1.05. The molecule has 0 aliphatic rings. The molecule has 2 N–H and O–H groups in total. The first-order chi connectivity index (χ1) is 10.1. The Balaban J connectivity index is 2.42. The number of hydrogen-bond donors (Lipinski definition) is 2. The minimum Gasteiger partial charge on any atom is -0.355 e. The molecule has 0 spiro atoms. The van der Waals surface area contributed by atoms with Gasteiger partial charge in [0.15, 0.2) is 0 Å². The third kappa shape index (κ3) is 5.95. The monoisotopic (exact) mass is 291 g/mol. The van der Waals surface area contributed by atoms with Crippen LogP contribution >= 0.6 is 0 Å². The van der Waals surface area contributed by atoms with Crippen LogP contribution in [0.15, 0.2) is 24.3 Å². The molecule has 0 saturated heterocycles. The Kier molecular flexibility index (Phi) is 7.46. The molecule has 0 aliphatic carbocycles. The number of nitrogens with zero attached hydrogens (tertiary/aromatic N) is 1. The molecule has 0 unspecified atom stereocenters. The maximum atomic E-state index is 11.8. The van der Waals surface area contributed by atoms with Crippen molar-refractivity contribution in [2.45, 2.75) is 20.3 Å². The van der Waals surface area contributed by atoms with Crippen molar-refractivity contribution in [1.29, 1.82) is 0 Å². The van der Waals surface area contributed by atoms with Gasteiger partial charge in [0.2, 0.25) is 5.91 Å². The van der Waals surface area contributed by atoms with Crippen LogP contribution in [0.5, 0.6) is 0 Å². The molecule has 1 aromatic rings. The van der Waals surface area contributed by atoms with Crippen molar-refractivity contribution >= 4 is 11.8 Å². The second-order valence-corrected chi connectivity index (χ2v) is 4.84. The minimum absolute atomic E-state index is 0.0427. The first-order valence-electron chi connectivity index (χ1n) is 7.40. The second kappa shape index (κ2) is 9.13. The Hall–Kier alpha value is -1.88. The van der Waals surface area contributed by atoms with Gasteiger partial charge in [0, 0.05) is 19.2 Å². The molecule has 116 valence electrons. The fraction of sp³-hybridized carbons (Fsp3) is 0.500. The summed E-state index contributed by atoms with van der Waals surface area (Å²) < 4.78 is 0. The van der Waals surface area contributed by atoms with E-state index in [0.29, 0.717) is 18.7 Å². The highest BCUT2D eigenvalue weighted by atomic mass is 16.2. The topological polar surface area (TPSA) is 61.4 Å². The maximum Gasteiger partial charge on any atom is 0.251 e. The fourth-order valence-electron chi connectivity index (χ4n) is 2.06. The first-order valence-corrected chi connectivity index (χ1v) is 7.40. The molecule has 5 heteroatoms. The molecule has 0 heterocycles. The van der Waals surface area contributed by atoms with E-state index < -0.39 is 0 Å². The molecule has 1 rings (SSSR count). The Morgan fingerprint density at radius 1 is 1.19 bits per heavy atom. The van der Waals surface area contributed by atoms with Crippen molar-refractivity contribution < 1.29 is 9.59 Å². The SMILES string of the molecule is CCN(CC)CC(=O)NCCc1cccc(C(=O)NC)c1. The van der Waals surface area contributed by atoms with E-state index in [2.05, 4.69) is 15.5 Å². The standard InChI is InChI=1S/C16H25N3O2/c1-4-19(5-2)12-15(20)18-10-9-13-7-6-8-14(11-13)16(21)17-3/h6-8,11H,4-5,9-10,12H2,1-3H3,(H,17,21)(H,18,20). The Bertz CT molecular complexity index is 470. The highest BCUT2D eigenvalue weighted by Gasteiger charge is 2.07. The summed E-state index contributed by atoms with van der Waals surface area (Å²) >= 11 is 0. The summed E-state index contributed by atoms with van der Waals surface area (Å²) in [6.45, 7) is 6.85. The molecule has 1 aromatic carbocycles. The number of rotatable bonds is 8. The van der Waals surface area contributed by atoms with Crippen molar-refractivity contribution in [2.75, 3.05) is 33.2 Å². The van der Waals surface area contributed by atoms with Gasteiger partial charge in [-0.2, -0.15) is 0 Å². The molecular weight excluding hydrogens is 266 g/mol. The largest absolute Gasteiger partial charge is 0.355 e. The zero-order chi connectivity index (χ0) is 15.7. The fourth-order valence-corrected chi connectivity index (χ4v) is 2.06. The van der Waals surface area contributed by atoms with Crippen molar-refractivity contribution in [1.82, 2.24) is 15.5 Å². The highest BCUT2D eigenvalue weighted by molar-refractivity contribution is 5.94. The van der Waals surface area contributed by atoms with Crippen LogP contribution in [-0.4, -0.2) is 49.9 Å². The van der Waals surface area contributed by atoms with Crippen molar-refractivity contribution in [2.24, 2.45) is 0 Å². The zero-order valence-corrected chi connectivity index (χ0v) is 13.1. The quantitative estimate of drug-likeness (QED) is 0.752. The molecule has 0 aromatic heterocycles. The lowest BCUT2D eigenvalue weighted by Gasteiger charge is -2.17. The van der Waals surface area contributed by atoms with Crippen molar-refractivity contribution in [3.63, 3.8) is 0 Å². The van der Waals surface area contributed by atoms with Crippen LogP contribution in [-0.2, 0) is 11.2 Å². The summed E-state index contributed by atoms with van der Waals surface area (Å²) in [7, 11) is 1.61. The minimum atomic E-state index is -0.0950. The lowest BCUT2D eigenvalue weighted by Crippen LogP contribution is -2.37. The average Bonchev–Trinajstić information content (AvgIpc) is 2.52. The number of nitrogens with one attached hydrogen (secondary N) is 2. The van der Waals surface area contributed by atoms with E-state index >= 15 is 0 Å². The van der Waals surface area contributed by atoms with Gasteiger partial charge in [-0.05, 0) is 37.2 Å². The molecule has 21 heavy (non-hydrogen) atoms. The molecule has 2 amide bonds. The number of likely N-dealkylation sites (N-methyl/N-ethyl adjacent to an activating group) is 1. The number of carbonyl (C=O) groups excluding carboxylic acids is 2.